The van der Waals surface area contributed by atoms with E-state index >= 15 is 0 Å². The van der Waals surface area contributed by atoms with Gasteiger partial charge >= 0.3 is 5.97 Å². The molecule has 18 heavy (non-hydrogen) atoms. The first-order chi connectivity index (χ1) is 8.68. The number of anilines is 1. The Morgan fingerprint density at radius 1 is 1.33 bits per heavy atom. The van der Waals surface area contributed by atoms with Gasteiger partial charge in [-0.1, -0.05) is 24.3 Å². The average molecular weight is 245 g/mol. The van der Waals surface area contributed by atoms with E-state index in [1.165, 1.54) is 6.08 Å². The van der Waals surface area contributed by atoms with Crippen LogP contribution in [0.5, 0.6) is 0 Å². The fourth-order valence-electron chi connectivity index (χ4n) is 2.14. The van der Waals surface area contributed by atoms with Gasteiger partial charge in [-0.15, -0.1) is 0 Å². The maximum Gasteiger partial charge on any atom is 0.328 e. The van der Waals surface area contributed by atoms with Gasteiger partial charge in [0.25, 0.3) is 0 Å². The lowest BCUT2D eigenvalue weighted by Gasteiger charge is -2.21. The van der Waals surface area contributed by atoms with Crippen LogP contribution in [0.25, 0.3) is 0 Å². The van der Waals surface area contributed by atoms with Crippen LogP contribution in [0.15, 0.2) is 36.4 Å². The number of fused-ring (bicyclic) bond motifs is 1. The summed E-state index contributed by atoms with van der Waals surface area (Å²) in [5, 5.41) is 8.57. The van der Waals surface area contributed by atoms with Crippen molar-refractivity contribution in [2.45, 2.75) is 19.3 Å². The predicted octanol–water partition coefficient (Wildman–Crippen LogP) is 2.00. The molecule has 0 aliphatic carbocycles. The molecule has 1 amide bonds. The third kappa shape index (κ3) is 2.77. The minimum absolute atomic E-state index is 0.0509. The molecule has 2 rings (SSSR count). The van der Waals surface area contributed by atoms with E-state index in [1.54, 1.807) is 4.90 Å². The van der Waals surface area contributed by atoms with Gasteiger partial charge in [0.1, 0.15) is 0 Å². The molecule has 1 aromatic rings. The Morgan fingerprint density at radius 3 is 2.89 bits per heavy atom. The number of carboxylic acid groups (broad SMARTS) is 1. The lowest BCUT2D eigenvalue weighted by molar-refractivity contribution is -0.131. The molecule has 1 aliphatic rings. The number of carbonyl (C=O) groups excluding carboxylic acids is 1. The number of hydrogen-bond donors (Lipinski definition) is 1. The first kappa shape index (κ1) is 12.4. The van der Waals surface area contributed by atoms with Crippen molar-refractivity contribution in [1.82, 2.24) is 0 Å². The Morgan fingerprint density at radius 2 is 2.11 bits per heavy atom. The summed E-state index contributed by atoms with van der Waals surface area (Å²) in [5.41, 5.74) is 2.04. The van der Waals surface area contributed by atoms with Crippen LogP contribution in [0, 0.1) is 0 Å². The number of benzene rings is 1. The first-order valence-corrected chi connectivity index (χ1v) is 5.96. The molecule has 0 spiro atoms. The normalized spacial score (nSPS) is 15.6. The van der Waals surface area contributed by atoms with Crippen molar-refractivity contribution in [3.8, 4) is 0 Å². The molecule has 0 unspecified atom stereocenters. The number of carbonyl (C=O) groups is 2. The summed E-state index contributed by atoms with van der Waals surface area (Å²) in [6.45, 7) is 0.308. The van der Waals surface area contributed by atoms with Crippen molar-refractivity contribution in [3.63, 3.8) is 0 Å². The SMILES string of the molecule is O=C(O)/C=C/CN1C(=O)CCCc2ccccc21. The monoisotopic (exact) mass is 245 g/mol. The van der Waals surface area contributed by atoms with E-state index in [4.69, 9.17) is 5.11 Å². The number of rotatable bonds is 3. The molecule has 0 atom stereocenters. The second kappa shape index (κ2) is 5.49. The smallest absolute Gasteiger partial charge is 0.328 e. The van der Waals surface area contributed by atoms with Gasteiger partial charge in [-0.25, -0.2) is 4.79 Å². The third-order valence-corrected chi connectivity index (χ3v) is 2.97. The highest BCUT2D eigenvalue weighted by Crippen LogP contribution is 2.26. The van der Waals surface area contributed by atoms with E-state index in [2.05, 4.69) is 0 Å². The van der Waals surface area contributed by atoms with Gasteiger partial charge in [-0.05, 0) is 24.5 Å². The van der Waals surface area contributed by atoms with Gasteiger partial charge in [-0.2, -0.15) is 0 Å². The van der Waals surface area contributed by atoms with Gasteiger partial charge in [0.2, 0.25) is 5.91 Å². The molecular weight excluding hydrogens is 230 g/mol. The average Bonchev–Trinajstić information content (AvgIpc) is 2.49. The molecule has 1 aliphatic heterocycles. The van der Waals surface area contributed by atoms with Crippen LogP contribution in [0.1, 0.15) is 18.4 Å². The van der Waals surface area contributed by atoms with Crippen LogP contribution >= 0.6 is 0 Å². The second-order valence-electron chi connectivity index (χ2n) is 4.23. The van der Waals surface area contributed by atoms with Crippen molar-refractivity contribution in [1.29, 1.82) is 0 Å². The van der Waals surface area contributed by atoms with Crippen molar-refractivity contribution < 1.29 is 14.7 Å². The molecule has 0 saturated heterocycles. The van der Waals surface area contributed by atoms with E-state index in [-0.39, 0.29) is 5.91 Å². The zero-order valence-corrected chi connectivity index (χ0v) is 10.0. The van der Waals surface area contributed by atoms with Crippen LogP contribution in [0.4, 0.5) is 5.69 Å². The lowest BCUT2D eigenvalue weighted by Crippen LogP contribution is -2.30. The minimum Gasteiger partial charge on any atom is -0.478 e. The maximum absolute atomic E-state index is 12.0. The standard InChI is InChI=1S/C14H15NO3/c16-13-8-3-6-11-5-1-2-7-12(11)15(13)10-4-9-14(17)18/h1-2,4-5,7,9H,3,6,8,10H2,(H,17,18)/b9-4+. The molecule has 0 radical (unpaired) electrons. The van der Waals surface area contributed by atoms with E-state index in [0.717, 1.165) is 30.2 Å². The number of hydrogen-bond acceptors (Lipinski definition) is 2. The summed E-state index contributed by atoms with van der Waals surface area (Å²) in [6.07, 6.45) is 4.81. The van der Waals surface area contributed by atoms with Crippen LogP contribution in [0.2, 0.25) is 0 Å². The molecular formula is C14H15NO3. The summed E-state index contributed by atoms with van der Waals surface area (Å²) in [4.78, 5) is 24.1. The second-order valence-corrected chi connectivity index (χ2v) is 4.23. The zero-order valence-electron chi connectivity index (χ0n) is 10.0. The Kier molecular flexibility index (Phi) is 3.77. The van der Waals surface area contributed by atoms with Gasteiger partial charge in [-0.3, -0.25) is 4.79 Å². The van der Waals surface area contributed by atoms with Crippen LogP contribution < -0.4 is 4.90 Å². The van der Waals surface area contributed by atoms with E-state index < -0.39 is 5.97 Å². The van der Waals surface area contributed by atoms with Crippen LogP contribution in [-0.4, -0.2) is 23.5 Å². The Bertz CT molecular complexity index is 494. The highest BCUT2D eigenvalue weighted by Gasteiger charge is 2.20. The molecule has 1 N–H and O–H groups in total. The fraction of sp³-hybridized carbons (Fsp3) is 0.286. The number of nitrogens with zero attached hydrogens (tertiary/aromatic N) is 1. The van der Waals surface area contributed by atoms with Crippen LogP contribution in [0.3, 0.4) is 0 Å². The predicted molar refractivity (Wildman–Crippen MR) is 68.5 cm³/mol. The molecule has 0 saturated carbocycles. The largest absolute Gasteiger partial charge is 0.478 e. The number of para-hydroxylation sites is 1. The number of carboxylic acids is 1. The molecule has 4 heteroatoms. The summed E-state index contributed by atoms with van der Waals surface area (Å²) in [5.74, 6) is -0.944. The number of amides is 1. The van der Waals surface area contributed by atoms with E-state index in [9.17, 15) is 9.59 Å². The molecule has 1 aromatic carbocycles. The Hall–Kier alpha value is -2.10. The topological polar surface area (TPSA) is 57.6 Å². The van der Waals surface area contributed by atoms with Crippen molar-refractivity contribution in [2.75, 3.05) is 11.4 Å². The molecule has 0 bridgehead atoms. The first-order valence-electron chi connectivity index (χ1n) is 5.96. The third-order valence-electron chi connectivity index (χ3n) is 2.97. The number of aryl methyl sites for hydroxylation is 1. The van der Waals surface area contributed by atoms with Gasteiger partial charge < -0.3 is 10.0 Å². The van der Waals surface area contributed by atoms with E-state index in [0.29, 0.717) is 13.0 Å². The van der Waals surface area contributed by atoms with Gasteiger partial charge in [0.05, 0.1) is 0 Å². The molecule has 1 heterocycles. The zero-order chi connectivity index (χ0) is 13.0. The van der Waals surface area contributed by atoms with Crippen molar-refractivity contribution in [2.24, 2.45) is 0 Å². The summed E-state index contributed by atoms with van der Waals surface area (Å²) >= 11 is 0. The highest BCUT2D eigenvalue weighted by atomic mass is 16.4. The van der Waals surface area contributed by atoms with Crippen LogP contribution in [-0.2, 0) is 16.0 Å². The Balaban J connectivity index is 2.25. The van der Waals surface area contributed by atoms with Gasteiger partial charge in [0, 0.05) is 24.7 Å². The lowest BCUT2D eigenvalue weighted by atomic mass is 10.1. The molecule has 0 aromatic heterocycles. The summed E-state index contributed by atoms with van der Waals surface area (Å²) in [7, 11) is 0. The quantitative estimate of drug-likeness (QED) is 0.828. The molecule has 94 valence electrons. The molecule has 4 nitrogen and oxygen atoms in total. The molecule has 0 fully saturated rings. The minimum atomic E-state index is -0.995. The Labute approximate surface area is 106 Å². The summed E-state index contributed by atoms with van der Waals surface area (Å²) in [6, 6.07) is 7.78. The van der Waals surface area contributed by atoms with Crippen molar-refractivity contribution in [3.05, 3.63) is 42.0 Å². The maximum atomic E-state index is 12.0. The number of aliphatic carboxylic acids is 1. The fourth-order valence-corrected chi connectivity index (χ4v) is 2.14. The van der Waals surface area contributed by atoms with E-state index in [1.807, 2.05) is 24.3 Å². The van der Waals surface area contributed by atoms with Gasteiger partial charge in [0.15, 0.2) is 0 Å². The highest BCUT2D eigenvalue weighted by molar-refractivity contribution is 5.95. The summed E-state index contributed by atoms with van der Waals surface area (Å²) < 4.78 is 0. The van der Waals surface area contributed by atoms with Crippen molar-refractivity contribution >= 4 is 17.6 Å².